The first kappa shape index (κ1) is 9.16. The number of hydrogen-bond acceptors (Lipinski definition) is 3. The maximum atomic E-state index is 4.69. The SMILES string of the molecule is CNCc1nc2c(s1)CCC2(C)C. The minimum atomic E-state index is 0.317. The highest BCUT2D eigenvalue weighted by molar-refractivity contribution is 7.11. The fraction of sp³-hybridized carbons (Fsp3) is 0.700. The average molecular weight is 196 g/mol. The van der Waals surface area contributed by atoms with E-state index < -0.39 is 0 Å². The zero-order valence-corrected chi connectivity index (χ0v) is 9.29. The van der Waals surface area contributed by atoms with Crippen molar-refractivity contribution in [1.82, 2.24) is 10.3 Å². The Morgan fingerprint density at radius 1 is 1.54 bits per heavy atom. The van der Waals surface area contributed by atoms with E-state index in [0.717, 1.165) is 6.54 Å². The summed E-state index contributed by atoms with van der Waals surface area (Å²) >= 11 is 1.88. The molecule has 0 aliphatic heterocycles. The molecule has 1 aliphatic rings. The maximum absolute atomic E-state index is 4.69. The van der Waals surface area contributed by atoms with Crippen molar-refractivity contribution in [2.75, 3.05) is 7.05 Å². The average Bonchev–Trinajstić information content (AvgIpc) is 2.55. The van der Waals surface area contributed by atoms with Gasteiger partial charge in [-0.2, -0.15) is 0 Å². The standard InChI is InChI=1S/C10H16N2S/c1-10(2)5-4-7-9(10)12-8(13-7)6-11-3/h11H,4-6H2,1-3H3. The third-order valence-electron chi connectivity index (χ3n) is 2.69. The molecule has 72 valence electrons. The van der Waals surface area contributed by atoms with E-state index in [9.17, 15) is 0 Å². The number of fused-ring (bicyclic) bond motifs is 1. The van der Waals surface area contributed by atoms with Gasteiger partial charge in [-0.05, 0) is 19.9 Å². The molecule has 0 saturated heterocycles. The molecular weight excluding hydrogens is 180 g/mol. The topological polar surface area (TPSA) is 24.9 Å². The van der Waals surface area contributed by atoms with Gasteiger partial charge in [-0.15, -0.1) is 11.3 Å². The van der Waals surface area contributed by atoms with E-state index in [1.54, 1.807) is 0 Å². The molecule has 0 atom stereocenters. The minimum absolute atomic E-state index is 0.317. The fourth-order valence-corrected chi connectivity index (χ4v) is 3.13. The second-order valence-corrected chi connectivity index (χ2v) is 5.46. The van der Waals surface area contributed by atoms with Gasteiger partial charge in [-0.25, -0.2) is 4.98 Å². The molecular formula is C10H16N2S. The molecule has 0 spiro atoms. The van der Waals surface area contributed by atoms with Crippen LogP contribution in [0.2, 0.25) is 0 Å². The summed E-state index contributed by atoms with van der Waals surface area (Å²) in [4.78, 5) is 6.20. The summed E-state index contributed by atoms with van der Waals surface area (Å²) in [5.41, 5.74) is 1.67. The van der Waals surface area contributed by atoms with E-state index in [1.165, 1.54) is 28.4 Å². The van der Waals surface area contributed by atoms with Crippen molar-refractivity contribution in [3.8, 4) is 0 Å². The summed E-state index contributed by atoms with van der Waals surface area (Å²) in [6, 6.07) is 0. The molecule has 1 aliphatic carbocycles. The van der Waals surface area contributed by atoms with Gasteiger partial charge in [0.2, 0.25) is 0 Å². The first-order chi connectivity index (χ1) is 6.13. The Morgan fingerprint density at radius 3 is 2.92 bits per heavy atom. The molecule has 1 heterocycles. The molecule has 0 radical (unpaired) electrons. The van der Waals surface area contributed by atoms with Gasteiger partial charge >= 0.3 is 0 Å². The number of thiazole rings is 1. The lowest BCUT2D eigenvalue weighted by atomic mass is 9.91. The molecule has 1 N–H and O–H groups in total. The van der Waals surface area contributed by atoms with Crippen LogP contribution in [0.15, 0.2) is 0 Å². The van der Waals surface area contributed by atoms with Crippen LogP contribution >= 0.6 is 11.3 Å². The molecule has 1 aromatic rings. The lowest BCUT2D eigenvalue weighted by Crippen LogP contribution is -2.13. The lowest BCUT2D eigenvalue weighted by Gasteiger charge is -2.15. The maximum Gasteiger partial charge on any atom is 0.107 e. The van der Waals surface area contributed by atoms with Gasteiger partial charge in [0.25, 0.3) is 0 Å². The van der Waals surface area contributed by atoms with Crippen molar-refractivity contribution in [1.29, 1.82) is 0 Å². The molecule has 0 fully saturated rings. The molecule has 3 heteroatoms. The normalized spacial score (nSPS) is 19.0. The summed E-state index contributed by atoms with van der Waals surface area (Å²) in [6.45, 7) is 5.50. The Morgan fingerprint density at radius 2 is 2.31 bits per heavy atom. The molecule has 13 heavy (non-hydrogen) atoms. The van der Waals surface area contributed by atoms with Crippen LogP contribution in [0.5, 0.6) is 0 Å². The first-order valence-electron chi connectivity index (χ1n) is 4.77. The second kappa shape index (κ2) is 3.07. The monoisotopic (exact) mass is 196 g/mol. The number of aryl methyl sites for hydroxylation is 1. The zero-order valence-electron chi connectivity index (χ0n) is 8.48. The highest BCUT2D eigenvalue weighted by Gasteiger charge is 2.33. The summed E-state index contributed by atoms with van der Waals surface area (Å²) in [7, 11) is 1.97. The van der Waals surface area contributed by atoms with E-state index in [-0.39, 0.29) is 0 Å². The van der Waals surface area contributed by atoms with Gasteiger partial charge in [0.05, 0.1) is 5.69 Å². The Labute approximate surface area is 83.4 Å². The molecule has 0 aromatic carbocycles. The highest BCUT2D eigenvalue weighted by Crippen LogP contribution is 2.40. The third-order valence-corrected chi connectivity index (χ3v) is 3.80. The predicted molar refractivity (Wildman–Crippen MR) is 56.2 cm³/mol. The molecule has 0 bridgehead atoms. The van der Waals surface area contributed by atoms with Crippen molar-refractivity contribution in [3.05, 3.63) is 15.6 Å². The van der Waals surface area contributed by atoms with Crippen molar-refractivity contribution >= 4 is 11.3 Å². The van der Waals surface area contributed by atoms with Gasteiger partial charge in [-0.1, -0.05) is 13.8 Å². The minimum Gasteiger partial charge on any atom is -0.314 e. The quantitative estimate of drug-likeness (QED) is 0.783. The highest BCUT2D eigenvalue weighted by atomic mass is 32.1. The summed E-state index contributed by atoms with van der Waals surface area (Å²) in [5.74, 6) is 0. The van der Waals surface area contributed by atoms with E-state index in [2.05, 4.69) is 24.1 Å². The van der Waals surface area contributed by atoms with Crippen LogP contribution in [0.3, 0.4) is 0 Å². The van der Waals surface area contributed by atoms with E-state index in [4.69, 9.17) is 0 Å². The Bertz CT molecular complexity index is 315. The number of nitrogens with zero attached hydrogens (tertiary/aromatic N) is 1. The van der Waals surface area contributed by atoms with Gasteiger partial charge in [0.15, 0.2) is 0 Å². The van der Waals surface area contributed by atoms with Crippen molar-refractivity contribution in [2.45, 2.75) is 38.6 Å². The van der Waals surface area contributed by atoms with Crippen LogP contribution in [0.1, 0.15) is 35.8 Å². The van der Waals surface area contributed by atoms with Gasteiger partial charge < -0.3 is 5.32 Å². The Kier molecular flexibility index (Phi) is 2.16. The van der Waals surface area contributed by atoms with Crippen LogP contribution < -0.4 is 5.32 Å². The van der Waals surface area contributed by atoms with E-state index in [1.807, 2.05) is 18.4 Å². The molecule has 0 amide bonds. The Hall–Kier alpha value is -0.410. The molecule has 1 aromatic heterocycles. The van der Waals surface area contributed by atoms with Gasteiger partial charge in [-0.3, -0.25) is 0 Å². The number of hydrogen-bond donors (Lipinski definition) is 1. The summed E-state index contributed by atoms with van der Waals surface area (Å²) in [6.07, 6.45) is 2.49. The Balaban J connectivity index is 2.31. The van der Waals surface area contributed by atoms with Crippen LogP contribution in [-0.2, 0) is 18.4 Å². The fourth-order valence-electron chi connectivity index (χ4n) is 1.87. The molecule has 0 unspecified atom stereocenters. The number of nitrogens with one attached hydrogen (secondary N) is 1. The van der Waals surface area contributed by atoms with E-state index in [0.29, 0.717) is 5.41 Å². The number of rotatable bonds is 2. The van der Waals surface area contributed by atoms with Crippen molar-refractivity contribution < 1.29 is 0 Å². The smallest absolute Gasteiger partial charge is 0.107 e. The zero-order chi connectivity index (χ0) is 9.47. The van der Waals surface area contributed by atoms with Crippen LogP contribution in [0.4, 0.5) is 0 Å². The van der Waals surface area contributed by atoms with Crippen LogP contribution in [0, 0.1) is 0 Å². The van der Waals surface area contributed by atoms with Crippen molar-refractivity contribution in [2.24, 2.45) is 0 Å². The first-order valence-corrected chi connectivity index (χ1v) is 5.59. The van der Waals surface area contributed by atoms with E-state index >= 15 is 0 Å². The van der Waals surface area contributed by atoms with Crippen LogP contribution in [-0.4, -0.2) is 12.0 Å². The number of aromatic nitrogens is 1. The summed E-state index contributed by atoms with van der Waals surface area (Å²) in [5, 5.41) is 4.38. The third kappa shape index (κ3) is 1.51. The van der Waals surface area contributed by atoms with Gasteiger partial charge in [0.1, 0.15) is 5.01 Å². The second-order valence-electron chi connectivity index (χ2n) is 4.29. The largest absolute Gasteiger partial charge is 0.314 e. The molecule has 2 rings (SSSR count). The predicted octanol–water partition coefficient (Wildman–Crippen LogP) is 2.09. The van der Waals surface area contributed by atoms with Crippen LogP contribution in [0.25, 0.3) is 0 Å². The molecule has 2 nitrogen and oxygen atoms in total. The lowest BCUT2D eigenvalue weighted by molar-refractivity contribution is 0.508. The van der Waals surface area contributed by atoms with Gasteiger partial charge in [0, 0.05) is 16.8 Å². The van der Waals surface area contributed by atoms with Crippen molar-refractivity contribution in [3.63, 3.8) is 0 Å². The molecule has 0 saturated carbocycles. The summed E-state index contributed by atoms with van der Waals surface area (Å²) < 4.78 is 0.